The fraction of sp³-hybridized carbons (Fsp3) is 0.0714. The second kappa shape index (κ2) is 4.75. The summed E-state index contributed by atoms with van der Waals surface area (Å²) in [6.45, 7) is 0. The highest BCUT2D eigenvalue weighted by Crippen LogP contribution is 2.31. The third-order valence-corrected chi connectivity index (χ3v) is 4.40. The average molecular weight is 286 g/mol. The average Bonchev–Trinajstić information content (AvgIpc) is 2.66. The zero-order chi connectivity index (χ0) is 13.4. The van der Waals surface area contributed by atoms with Crippen molar-refractivity contribution < 1.29 is 4.79 Å². The molecule has 0 aliphatic carbocycles. The number of thioether (sulfide) groups is 1. The molecule has 0 bridgehead atoms. The lowest BCUT2D eigenvalue weighted by Crippen LogP contribution is -2.22. The van der Waals surface area contributed by atoms with Crippen LogP contribution in [0.15, 0.2) is 41.4 Å². The largest absolute Gasteiger partial charge is 0.296 e. The van der Waals surface area contributed by atoms with Crippen LogP contribution in [0.5, 0.6) is 0 Å². The minimum Gasteiger partial charge on any atom is -0.296 e. The van der Waals surface area contributed by atoms with Crippen LogP contribution >= 0.6 is 24.0 Å². The van der Waals surface area contributed by atoms with Gasteiger partial charge in [0, 0.05) is 18.6 Å². The van der Waals surface area contributed by atoms with Gasteiger partial charge in [-0.05, 0) is 23.8 Å². The van der Waals surface area contributed by atoms with Crippen molar-refractivity contribution in [1.82, 2.24) is 9.88 Å². The minimum absolute atomic E-state index is 0.0453. The Morgan fingerprint density at radius 1 is 1.37 bits per heavy atom. The van der Waals surface area contributed by atoms with Crippen LogP contribution in [0.2, 0.25) is 0 Å². The van der Waals surface area contributed by atoms with Crippen LogP contribution in [0.1, 0.15) is 5.56 Å². The number of likely N-dealkylation sites (N-methyl/N-ethyl adjacent to an activating group) is 1. The summed E-state index contributed by atoms with van der Waals surface area (Å²) in [4.78, 5) is 18.4. The van der Waals surface area contributed by atoms with Crippen LogP contribution in [-0.2, 0) is 4.79 Å². The van der Waals surface area contributed by atoms with Crippen LogP contribution in [0.4, 0.5) is 0 Å². The summed E-state index contributed by atoms with van der Waals surface area (Å²) in [5, 5.41) is 1.09. The number of thiocarbonyl (C=S) groups is 1. The van der Waals surface area contributed by atoms with Crippen molar-refractivity contribution in [2.45, 2.75) is 0 Å². The van der Waals surface area contributed by atoms with E-state index in [2.05, 4.69) is 4.98 Å². The molecule has 0 N–H and O–H groups in total. The van der Waals surface area contributed by atoms with E-state index >= 15 is 0 Å². The number of hydrogen-bond acceptors (Lipinski definition) is 4. The molecule has 0 saturated carbocycles. The number of nitrogens with zero attached hydrogens (tertiary/aromatic N) is 2. The Bertz CT molecular complexity index is 724. The molecule has 1 amide bonds. The Morgan fingerprint density at radius 3 is 2.95 bits per heavy atom. The lowest BCUT2D eigenvalue weighted by molar-refractivity contribution is -0.121. The first-order valence-electron chi connectivity index (χ1n) is 5.71. The first-order chi connectivity index (χ1) is 9.15. The van der Waals surface area contributed by atoms with Gasteiger partial charge in [0.1, 0.15) is 4.32 Å². The van der Waals surface area contributed by atoms with E-state index in [1.807, 2.05) is 36.4 Å². The third kappa shape index (κ3) is 2.27. The number of hydrogen-bond donors (Lipinski definition) is 0. The van der Waals surface area contributed by atoms with Crippen molar-refractivity contribution in [2.75, 3.05) is 7.05 Å². The zero-order valence-electron chi connectivity index (χ0n) is 10.2. The van der Waals surface area contributed by atoms with Gasteiger partial charge in [0.05, 0.1) is 10.4 Å². The topological polar surface area (TPSA) is 33.2 Å². The van der Waals surface area contributed by atoms with E-state index in [4.69, 9.17) is 12.2 Å². The molecule has 0 atom stereocenters. The lowest BCUT2D eigenvalue weighted by atomic mass is 10.1. The standard InChI is InChI=1S/C14H10N2OS2/c1-16-13(17)12(19-14(16)18)8-9-4-5-10-3-2-6-15-11(10)7-9/h2-8H,1H3. The van der Waals surface area contributed by atoms with E-state index in [0.29, 0.717) is 9.23 Å². The summed E-state index contributed by atoms with van der Waals surface area (Å²) < 4.78 is 0.593. The van der Waals surface area contributed by atoms with Gasteiger partial charge in [0.2, 0.25) is 0 Å². The lowest BCUT2D eigenvalue weighted by Gasteiger charge is -2.03. The fourth-order valence-electron chi connectivity index (χ4n) is 1.87. The molecule has 0 unspecified atom stereocenters. The summed E-state index contributed by atoms with van der Waals surface area (Å²) >= 11 is 6.43. The van der Waals surface area contributed by atoms with E-state index in [-0.39, 0.29) is 5.91 Å². The third-order valence-electron chi connectivity index (χ3n) is 2.91. The molecule has 5 heteroatoms. The van der Waals surface area contributed by atoms with Crippen LogP contribution in [0, 0.1) is 0 Å². The van der Waals surface area contributed by atoms with Crippen molar-refractivity contribution in [1.29, 1.82) is 0 Å². The number of rotatable bonds is 1. The summed E-state index contributed by atoms with van der Waals surface area (Å²) in [5.41, 5.74) is 1.88. The molecule has 19 heavy (non-hydrogen) atoms. The molecular weight excluding hydrogens is 276 g/mol. The van der Waals surface area contributed by atoms with E-state index in [0.717, 1.165) is 16.5 Å². The molecule has 2 heterocycles. The van der Waals surface area contributed by atoms with Crippen LogP contribution in [-0.4, -0.2) is 27.2 Å². The number of amides is 1. The van der Waals surface area contributed by atoms with Gasteiger partial charge in [0.15, 0.2) is 0 Å². The van der Waals surface area contributed by atoms with Gasteiger partial charge in [-0.1, -0.05) is 42.2 Å². The second-order valence-corrected chi connectivity index (χ2v) is 5.87. The van der Waals surface area contributed by atoms with Crippen molar-refractivity contribution >= 4 is 51.2 Å². The predicted molar refractivity (Wildman–Crippen MR) is 82.7 cm³/mol. The van der Waals surface area contributed by atoms with Crippen LogP contribution < -0.4 is 0 Å². The first kappa shape index (κ1) is 12.3. The molecule has 1 aliphatic rings. The van der Waals surface area contributed by atoms with Gasteiger partial charge < -0.3 is 0 Å². The molecule has 3 rings (SSSR count). The highest BCUT2D eigenvalue weighted by Gasteiger charge is 2.28. The number of pyridine rings is 1. The SMILES string of the molecule is CN1C(=O)C(=Cc2ccc3cccnc3c2)SC1=S. The van der Waals surface area contributed by atoms with E-state index in [9.17, 15) is 4.79 Å². The normalized spacial score (nSPS) is 17.7. The fourth-order valence-corrected chi connectivity index (χ4v) is 3.05. The van der Waals surface area contributed by atoms with E-state index in [1.54, 1.807) is 13.2 Å². The number of carbonyl (C=O) groups is 1. The maximum Gasteiger partial charge on any atom is 0.265 e. The smallest absolute Gasteiger partial charge is 0.265 e. The minimum atomic E-state index is -0.0453. The quantitative estimate of drug-likeness (QED) is 0.596. The molecule has 1 aliphatic heterocycles. The molecule has 1 aromatic carbocycles. The Labute approximate surface area is 120 Å². The predicted octanol–water partition coefficient (Wildman–Crippen LogP) is 3.07. The second-order valence-electron chi connectivity index (χ2n) is 4.20. The summed E-state index contributed by atoms with van der Waals surface area (Å²) in [6, 6.07) is 9.87. The van der Waals surface area contributed by atoms with Crippen molar-refractivity contribution in [3.63, 3.8) is 0 Å². The van der Waals surface area contributed by atoms with Gasteiger partial charge in [0.25, 0.3) is 5.91 Å². The molecular formula is C14H10N2OS2. The highest BCUT2D eigenvalue weighted by molar-refractivity contribution is 8.26. The van der Waals surface area contributed by atoms with Gasteiger partial charge in [-0.3, -0.25) is 14.7 Å². The van der Waals surface area contributed by atoms with Crippen molar-refractivity contribution in [3.8, 4) is 0 Å². The van der Waals surface area contributed by atoms with Crippen LogP contribution in [0.3, 0.4) is 0 Å². The van der Waals surface area contributed by atoms with Gasteiger partial charge >= 0.3 is 0 Å². The maximum atomic E-state index is 11.9. The van der Waals surface area contributed by atoms with Crippen molar-refractivity contribution in [3.05, 3.63) is 47.0 Å². The molecule has 94 valence electrons. The van der Waals surface area contributed by atoms with E-state index in [1.165, 1.54) is 16.7 Å². The summed E-state index contributed by atoms with van der Waals surface area (Å²) in [6.07, 6.45) is 3.62. The Hall–Kier alpha value is -1.72. The molecule has 1 saturated heterocycles. The molecule has 0 spiro atoms. The molecule has 3 nitrogen and oxygen atoms in total. The molecule has 1 aromatic heterocycles. The molecule has 0 radical (unpaired) electrons. The molecule has 1 fully saturated rings. The number of benzene rings is 1. The van der Waals surface area contributed by atoms with Crippen molar-refractivity contribution in [2.24, 2.45) is 0 Å². The Balaban J connectivity index is 2.02. The first-order valence-corrected chi connectivity index (χ1v) is 6.94. The van der Waals surface area contributed by atoms with Gasteiger partial charge in [-0.2, -0.15) is 0 Å². The Kier molecular flexibility index (Phi) is 3.08. The number of fused-ring (bicyclic) bond motifs is 1. The van der Waals surface area contributed by atoms with E-state index < -0.39 is 0 Å². The van der Waals surface area contributed by atoms with Gasteiger partial charge in [-0.15, -0.1) is 0 Å². The van der Waals surface area contributed by atoms with Gasteiger partial charge in [-0.25, -0.2) is 0 Å². The zero-order valence-corrected chi connectivity index (χ0v) is 11.8. The van der Waals surface area contributed by atoms with Crippen LogP contribution in [0.25, 0.3) is 17.0 Å². The number of aromatic nitrogens is 1. The number of carbonyl (C=O) groups excluding carboxylic acids is 1. The maximum absolute atomic E-state index is 11.9. The molecule has 2 aromatic rings. The Morgan fingerprint density at radius 2 is 2.21 bits per heavy atom. The summed E-state index contributed by atoms with van der Waals surface area (Å²) in [7, 11) is 1.69. The summed E-state index contributed by atoms with van der Waals surface area (Å²) in [5.74, 6) is -0.0453. The monoisotopic (exact) mass is 286 g/mol. The highest BCUT2D eigenvalue weighted by atomic mass is 32.2.